The minimum atomic E-state index is -0.0707. The van der Waals surface area contributed by atoms with Gasteiger partial charge in [-0.2, -0.15) is 0 Å². The van der Waals surface area contributed by atoms with Crippen LogP contribution in [0.15, 0.2) is 29.3 Å². The lowest BCUT2D eigenvalue weighted by Crippen LogP contribution is -2.15. The van der Waals surface area contributed by atoms with E-state index in [-0.39, 0.29) is 5.56 Å². The predicted molar refractivity (Wildman–Crippen MR) is 62.2 cm³/mol. The number of aryl methyl sites for hydroxylation is 1. The average molecular weight is 215 g/mol. The molecule has 0 fully saturated rings. The van der Waals surface area contributed by atoms with Gasteiger partial charge in [-0.25, -0.2) is 4.98 Å². The lowest BCUT2D eigenvalue weighted by molar-refractivity contribution is 0.912. The Balaban J connectivity index is 2.65. The summed E-state index contributed by atoms with van der Waals surface area (Å²) in [6, 6.07) is 3.71. The van der Waals surface area contributed by atoms with Crippen LogP contribution in [0.3, 0.4) is 0 Å². The fourth-order valence-corrected chi connectivity index (χ4v) is 1.54. The molecule has 0 unspecified atom stereocenters. The van der Waals surface area contributed by atoms with Crippen LogP contribution in [0.4, 0.5) is 0 Å². The zero-order valence-electron chi connectivity index (χ0n) is 9.32. The number of hydrogen-bond acceptors (Lipinski definition) is 3. The third kappa shape index (κ3) is 1.86. The van der Waals surface area contributed by atoms with Gasteiger partial charge in [-0.15, -0.1) is 0 Å². The lowest BCUT2D eigenvalue weighted by Gasteiger charge is -2.06. The maximum atomic E-state index is 11.7. The molecule has 16 heavy (non-hydrogen) atoms. The summed E-state index contributed by atoms with van der Waals surface area (Å²) in [6.45, 7) is 3.74. The molecule has 4 nitrogen and oxygen atoms in total. The molecular weight excluding hydrogens is 202 g/mol. The van der Waals surface area contributed by atoms with E-state index in [0.717, 1.165) is 11.3 Å². The molecule has 0 aliphatic carbocycles. The maximum absolute atomic E-state index is 11.7. The molecule has 0 atom stereocenters. The zero-order valence-corrected chi connectivity index (χ0v) is 9.32. The Bertz CT molecular complexity index is 546. The fourth-order valence-electron chi connectivity index (χ4n) is 1.54. The Labute approximate surface area is 93.4 Å². The van der Waals surface area contributed by atoms with Crippen LogP contribution >= 0.6 is 0 Å². The predicted octanol–water partition coefficient (Wildman–Crippen LogP) is 1.70. The van der Waals surface area contributed by atoms with Crippen LogP contribution in [0.5, 0.6) is 0 Å². The molecule has 2 aromatic heterocycles. The quantitative estimate of drug-likeness (QED) is 0.829. The van der Waals surface area contributed by atoms with Crippen LogP contribution in [-0.4, -0.2) is 15.0 Å². The number of aromatic nitrogens is 3. The molecule has 0 radical (unpaired) electrons. The second kappa shape index (κ2) is 4.26. The Kier molecular flexibility index (Phi) is 2.81. The smallest absolute Gasteiger partial charge is 0.254 e. The summed E-state index contributed by atoms with van der Waals surface area (Å²) in [5.74, 6) is 0.711. The van der Waals surface area contributed by atoms with Crippen molar-refractivity contribution in [3.8, 4) is 11.3 Å². The minimum absolute atomic E-state index is 0.0707. The van der Waals surface area contributed by atoms with Gasteiger partial charge >= 0.3 is 0 Å². The summed E-state index contributed by atoms with van der Waals surface area (Å²) in [6.07, 6.45) is 4.11. The van der Waals surface area contributed by atoms with Gasteiger partial charge in [0.1, 0.15) is 5.82 Å². The van der Waals surface area contributed by atoms with E-state index in [4.69, 9.17) is 0 Å². The van der Waals surface area contributed by atoms with Gasteiger partial charge in [0, 0.05) is 29.9 Å². The second-order valence-electron chi connectivity index (χ2n) is 3.58. The Hall–Kier alpha value is -1.97. The van der Waals surface area contributed by atoms with Crippen molar-refractivity contribution in [1.29, 1.82) is 0 Å². The van der Waals surface area contributed by atoms with Gasteiger partial charge in [-0.3, -0.25) is 9.78 Å². The fraction of sp³-hybridized carbons (Fsp3) is 0.250. The third-order valence-electron chi connectivity index (χ3n) is 2.49. The van der Waals surface area contributed by atoms with Crippen molar-refractivity contribution in [2.45, 2.75) is 20.3 Å². The van der Waals surface area contributed by atoms with Crippen LogP contribution in [0, 0.1) is 6.92 Å². The first-order valence-corrected chi connectivity index (χ1v) is 5.22. The molecule has 0 aliphatic rings. The van der Waals surface area contributed by atoms with E-state index in [9.17, 15) is 4.79 Å². The van der Waals surface area contributed by atoms with Gasteiger partial charge in [0.25, 0.3) is 5.56 Å². The van der Waals surface area contributed by atoms with Crippen LogP contribution in [0.25, 0.3) is 11.3 Å². The lowest BCUT2D eigenvalue weighted by atomic mass is 10.1. The molecule has 0 bridgehead atoms. The molecule has 0 aliphatic heterocycles. The van der Waals surface area contributed by atoms with Crippen molar-refractivity contribution in [3.05, 3.63) is 46.3 Å². The number of H-pyrrole nitrogens is 1. The summed E-state index contributed by atoms with van der Waals surface area (Å²) >= 11 is 0. The first-order valence-electron chi connectivity index (χ1n) is 5.22. The van der Waals surface area contributed by atoms with Gasteiger partial charge in [0.2, 0.25) is 0 Å². The van der Waals surface area contributed by atoms with Crippen LogP contribution in [0.2, 0.25) is 0 Å². The Morgan fingerprint density at radius 2 is 2.00 bits per heavy atom. The van der Waals surface area contributed by atoms with Crippen molar-refractivity contribution in [2.24, 2.45) is 0 Å². The molecule has 2 rings (SSSR count). The summed E-state index contributed by atoms with van der Waals surface area (Å²) < 4.78 is 0. The topological polar surface area (TPSA) is 58.6 Å². The molecule has 1 N–H and O–H groups in total. The molecule has 82 valence electrons. The van der Waals surface area contributed by atoms with E-state index in [0.29, 0.717) is 17.8 Å². The summed E-state index contributed by atoms with van der Waals surface area (Å²) in [5, 5.41) is 0. The monoisotopic (exact) mass is 215 g/mol. The SMILES string of the molecule is CCc1nc(-c2ccncc2)c(C)c(=O)[nH]1. The summed E-state index contributed by atoms with van der Waals surface area (Å²) in [5.41, 5.74) is 2.23. The van der Waals surface area contributed by atoms with Crippen molar-refractivity contribution in [1.82, 2.24) is 15.0 Å². The van der Waals surface area contributed by atoms with Crippen molar-refractivity contribution in [3.63, 3.8) is 0 Å². The third-order valence-corrected chi connectivity index (χ3v) is 2.49. The second-order valence-corrected chi connectivity index (χ2v) is 3.58. The zero-order chi connectivity index (χ0) is 11.5. The number of pyridine rings is 1. The molecule has 0 spiro atoms. The molecule has 2 heterocycles. The summed E-state index contributed by atoms with van der Waals surface area (Å²) in [4.78, 5) is 22.8. The molecule has 2 aromatic rings. The largest absolute Gasteiger partial charge is 0.310 e. The number of nitrogens with zero attached hydrogens (tertiary/aromatic N) is 2. The highest BCUT2D eigenvalue weighted by atomic mass is 16.1. The van der Waals surface area contributed by atoms with E-state index < -0.39 is 0 Å². The highest BCUT2D eigenvalue weighted by Gasteiger charge is 2.08. The van der Waals surface area contributed by atoms with Crippen LogP contribution < -0.4 is 5.56 Å². The Morgan fingerprint density at radius 3 is 2.62 bits per heavy atom. The van der Waals surface area contributed by atoms with E-state index in [2.05, 4.69) is 15.0 Å². The van der Waals surface area contributed by atoms with Crippen molar-refractivity contribution < 1.29 is 0 Å². The van der Waals surface area contributed by atoms with Crippen LogP contribution in [-0.2, 0) is 6.42 Å². The summed E-state index contributed by atoms with van der Waals surface area (Å²) in [7, 11) is 0. The van der Waals surface area contributed by atoms with E-state index in [1.54, 1.807) is 19.3 Å². The molecule has 0 saturated heterocycles. The Morgan fingerprint density at radius 1 is 1.31 bits per heavy atom. The first kappa shape index (κ1) is 10.5. The number of rotatable bonds is 2. The first-order chi connectivity index (χ1) is 7.72. The number of aromatic amines is 1. The minimum Gasteiger partial charge on any atom is -0.310 e. The molecule has 0 aromatic carbocycles. The molecule has 0 saturated carbocycles. The number of hydrogen-bond donors (Lipinski definition) is 1. The van der Waals surface area contributed by atoms with Gasteiger partial charge in [0.05, 0.1) is 5.69 Å². The maximum Gasteiger partial charge on any atom is 0.254 e. The van der Waals surface area contributed by atoms with Gasteiger partial charge in [-0.1, -0.05) is 6.92 Å². The highest BCUT2D eigenvalue weighted by molar-refractivity contribution is 5.61. The molecular formula is C12H13N3O. The van der Waals surface area contributed by atoms with Gasteiger partial charge < -0.3 is 4.98 Å². The van der Waals surface area contributed by atoms with E-state index >= 15 is 0 Å². The standard InChI is InChI=1S/C12H13N3O/c1-3-10-14-11(8(2)12(16)15-10)9-4-6-13-7-5-9/h4-7H,3H2,1-2H3,(H,14,15,16). The van der Waals surface area contributed by atoms with E-state index in [1.165, 1.54) is 0 Å². The highest BCUT2D eigenvalue weighted by Crippen LogP contribution is 2.17. The van der Waals surface area contributed by atoms with E-state index in [1.807, 2.05) is 19.1 Å². The van der Waals surface area contributed by atoms with Gasteiger partial charge in [0.15, 0.2) is 0 Å². The normalized spacial score (nSPS) is 10.4. The van der Waals surface area contributed by atoms with Crippen LogP contribution in [0.1, 0.15) is 18.3 Å². The van der Waals surface area contributed by atoms with Crippen molar-refractivity contribution in [2.75, 3.05) is 0 Å². The average Bonchev–Trinajstić information content (AvgIpc) is 2.33. The molecule has 0 amide bonds. The van der Waals surface area contributed by atoms with Crippen molar-refractivity contribution >= 4 is 0 Å². The molecule has 4 heteroatoms. The number of nitrogens with one attached hydrogen (secondary N) is 1. The van der Waals surface area contributed by atoms with Gasteiger partial charge in [-0.05, 0) is 19.1 Å².